The molecule has 0 spiro atoms. The van der Waals surface area contributed by atoms with Crippen molar-refractivity contribution in [1.82, 2.24) is 0 Å². The lowest BCUT2D eigenvalue weighted by Crippen LogP contribution is -2.63. The number of rotatable bonds is 11. The predicted molar refractivity (Wildman–Crippen MR) is 204 cm³/mol. The van der Waals surface area contributed by atoms with Gasteiger partial charge >= 0.3 is 29.8 Å². The fourth-order valence-corrected chi connectivity index (χ4v) is 5.97. The fourth-order valence-electron chi connectivity index (χ4n) is 5.97. The van der Waals surface area contributed by atoms with E-state index in [1.165, 1.54) is 42.5 Å². The summed E-state index contributed by atoms with van der Waals surface area (Å²) in [4.78, 5) is 68.6. The Morgan fingerprint density at radius 1 is 0.491 bits per heavy atom. The Bertz CT molecular complexity index is 2260. The Labute approximate surface area is 328 Å². The van der Waals surface area contributed by atoms with Crippen LogP contribution in [0, 0.1) is 17.8 Å². The lowest BCUT2D eigenvalue weighted by Gasteiger charge is -2.43. The van der Waals surface area contributed by atoms with E-state index in [1.54, 1.807) is 103 Å². The number of esters is 5. The SMILES string of the molecule is O=C(OC[C@H]1O[C@@H](OC(=O)c2ccccc2C#CC2CC2)[C@H](OC(=O)c2ccccc2)[C@@H](OC(=O)c2ccccc2)[C@@H]1OC(=O)c1ccccc1)c1ccccc1. The molecule has 2 fully saturated rings. The van der Waals surface area contributed by atoms with Gasteiger partial charge in [0.15, 0.2) is 12.2 Å². The zero-order valence-corrected chi connectivity index (χ0v) is 30.4. The molecule has 1 saturated carbocycles. The van der Waals surface area contributed by atoms with Crippen molar-refractivity contribution >= 4 is 29.8 Å². The minimum atomic E-state index is -1.80. The highest BCUT2D eigenvalue weighted by Crippen LogP contribution is 2.33. The summed E-state index contributed by atoms with van der Waals surface area (Å²) < 4.78 is 36.1. The second-order valence-corrected chi connectivity index (χ2v) is 13.2. The average Bonchev–Trinajstić information content (AvgIpc) is 4.10. The molecule has 1 aliphatic heterocycles. The molecular formula is C46H36O11. The molecule has 0 unspecified atom stereocenters. The van der Waals surface area contributed by atoms with Crippen LogP contribution in [0.5, 0.6) is 0 Å². The van der Waals surface area contributed by atoms with Gasteiger partial charge in [-0.1, -0.05) is 96.8 Å². The van der Waals surface area contributed by atoms with Gasteiger partial charge in [-0.25, -0.2) is 24.0 Å². The number of hydrogen-bond donors (Lipinski definition) is 0. The van der Waals surface area contributed by atoms with Crippen LogP contribution < -0.4 is 0 Å². The van der Waals surface area contributed by atoms with Gasteiger partial charge in [-0.15, -0.1) is 0 Å². The molecule has 5 atom stereocenters. The third kappa shape index (κ3) is 9.80. The van der Waals surface area contributed by atoms with Crippen molar-refractivity contribution < 1.29 is 52.4 Å². The maximum atomic E-state index is 14.1. The molecule has 286 valence electrons. The van der Waals surface area contributed by atoms with E-state index in [0.717, 1.165) is 12.8 Å². The van der Waals surface area contributed by atoms with Gasteiger partial charge in [0.2, 0.25) is 12.4 Å². The number of carbonyl (C=O) groups excluding carboxylic acids is 5. The number of hydrogen-bond acceptors (Lipinski definition) is 11. The Morgan fingerprint density at radius 2 is 0.930 bits per heavy atom. The quantitative estimate of drug-likeness (QED) is 0.0791. The Balaban J connectivity index is 1.29. The largest absolute Gasteiger partial charge is 0.459 e. The second kappa shape index (κ2) is 18.1. The van der Waals surface area contributed by atoms with E-state index in [9.17, 15) is 24.0 Å². The maximum Gasteiger partial charge on any atom is 0.341 e. The van der Waals surface area contributed by atoms with Crippen LogP contribution in [0.25, 0.3) is 0 Å². The second-order valence-electron chi connectivity index (χ2n) is 13.2. The fraction of sp³-hybridized carbons (Fsp3) is 0.196. The molecule has 1 aliphatic carbocycles. The molecular weight excluding hydrogens is 728 g/mol. The molecule has 0 bridgehead atoms. The molecule has 7 rings (SSSR count). The lowest BCUT2D eigenvalue weighted by atomic mass is 9.97. The van der Waals surface area contributed by atoms with E-state index in [-0.39, 0.29) is 33.7 Å². The van der Waals surface area contributed by atoms with Crippen LogP contribution in [-0.4, -0.2) is 67.2 Å². The molecule has 0 N–H and O–H groups in total. The summed E-state index contributed by atoms with van der Waals surface area (Å²) in [6, 6.07) is 38.7. The standard InChI is InChI=1S/C46H36O11/c47-41(32-16-5-1-6-17-32)52-29-37-38(54-42(48)33-18-7-2-8-19-33)39(55-43(49)34-20-9-3-10-21-34)40(56-44(50)35-22-11-4-12-23-35)46(53-37)57-45(51)36-24-14-13-15-31(36)28-27-30-25-26-30/h1-24,30,37-40,46H,25-26,29H2/t37-,38-,39+,40-,46+/m1/s1. The molecule has 11 heteroatoms. The van der Waals surface area contributed by atoms with E-state index in [4.69, 9.17) is 28.4 Å². The molecule has 1 saturated heterocycles. The van der Waals surface area contributed by atoms with Crippen LogP contribution in [0.15, 0.2) is 146 Å². The van der Waals surface area contributed by atoms with E-state index < -0.39 is 67.2 Å². The van der Waals surface area contributed by atoms with Crippen LogP contribution in [0.4, 0.5) is 0 Å². The van der Waals surface area contributed by atoms with Gasteiger partial charge in [0, 0.05) is 11.5 Å². The Morgan fingerprint density at radius 3 is 1.44 bits per heavy atom. The van der Waals surface area contributed by atoms with Gasteiger partial charge < -0.3 is 28.4 Å². The van der Waals surface area contributed by atoms with Gasteiger partial charge in [-0.3, -0.25) is 0 Å². The molecule has 0 aromatic heterocycles. The van der Waals surface area contributed by atoms with Crippen LogP contribution in [0.3, 0.4) is 0 Å². The first-order valence-corrected chi connectivity index (χ1v) is 18.3. The summed E-state index contributed by atoms with van der Waals surface area (Å²) in [7, 11) is 0. The molecule has 11 nitrogen and oxygen atoms in total. The van der Waals surface area contributed by atoms with Crippen molar-refractivity contribution in [3.05, 3.63) is 179 Å². The molecule has 57 heavy (non-hydrogen) atoms. The smallest absolute Gasteiger partial charge is 0.341 e. The highest BCUT2D eigenvalue weighted by molar-refractivity contribution is 5.93. The predicted octanol–water partition coefficient (Wildman–Crippen LogP) is 6.86. The summed E-state index contributed by atoms with van der Waals surface area (Å²) in [5.74, 6) is 2.19. The summed E-state index contributed by atoms with van der Waals surface area (Å²) in [6.45, 7) is -0.573. The van der Waals surface area contributed by atoms with Crippen molar-refractivity contribution in [2.24, 2.45) is 5.92 Å². The van der Waals surface area contributed by atoms with E-state index in [0.29, 0.717) is 5.56 Å². The Hall–Kier alpha value is -7.03. The highest BCUT2D eigenvalue weighted by Gasteiger charge is 2.55. The zero-order chi connectivity index (χ0) is 39.6. The zero-order valence-electron chi connectivity index (χ0n) is 30.4. The monoisotopic (exact) mass is 764 g/mol. The third-order valence-corrected chi connectivity index (χ3v) is 9.10. The van der Waals surface area contributed by atoms with Crippen molar-refractivity contribution in [1.29, 1.82) is 0 Å². The average molecular weight is 765 g/mol. The highest BCUT2D eigenvalue weighted by atomic mass is 16.7. The van der Waals surface area contributed by atoms with E-state index >= 15 is 0 Å². The number of carbonyl (C=O) groups is 5. The number of benzene rings is 5. The molecule has 1 heterocycles. The van der Waals surface area contributed by atoms with Crippen molar-refractivity contribution in [2.45, 2.75) is 43.5 Å². The Kier molecular flexibility index (Phi) is 12.1. The first-order chi connectivity index (χ1) is 27.8. The molecule has 0 amide bonds. The topological polar surface area (TPSA) is 141 Å². The lowest BCUT2D eigenvalue weighted by molar-refractivity contribution is -0.282. The van der Waals surface area contributed by atoms with Gasteiger partial charge in [-0.05, 0) is 73.5 Å². The normalized spacial score (nSPS) is 19.8. The first kappa shape index (κ1) is 38.3. The molecule has 2 aliphatic rings. The van der Waals surface area contributed by atoms with Crippen molar-refractivity contribution in [3.8, 4) is 11.8 Å². The van der Waals surface area contributed by atoms with Gasteiger partial charge in [-0.2, -0.15) is 0 Å². The molecule has 5 aromatic rings. The van der Waals surface area contributed by atoms with Crippen molar-refractivity contribution in [3.63, 3.8) is 0 Å². The summed E-state index contributed by atoms with van der Waals surface area (Å²) >= 11 is 0. The van der Waals surface area contributed by atoms with E-state index in [2.05, 4.69) is 11.8 Å². The van der Waals surface area contributed by atoms with E-state index in [1.807, 2.05) is 0 Å². The minimum absolute atomic E-state index is 0.102. The molecule has 5 aromatic carbocycles. The summed E-state index contributed by atoms with van der Waals surface area (Å²) in [5.41, 5.74) is 1.10. The number of ether oxygens (including phenoxy) is 6. The maximum absolute atomic E-state index is 14.1. The van der Waals surface area contributed by atoms with Crippen LogP contribution in [0.2, 0.25) is 0 Å². The molecule has 0 radical (unpaired) electrons. The first-order valence-electron chi connectivity index (χ1n) is 18.3. The summed E-state index contributed by atoms with van der Waals surface area (Å²) in [5, 5.41) is 0. The van der Waals surface area contributed by atoms with Gasteiger partial charge in [0.25, 0.3) is 0 Å². The van der Waals surface area contributed by atoms with Gasteiger partial charge in [0.1, 0.15) is 12.7 Å². The summed E-state index contributed by atoms with van der Waals surface area (Å²) in [6.07, 6.45) is -6.29. The minimum Gasteiger partial charge on any atom is -0.459 e. The van der Waals surface area contributed by atoms with Crippen LogP contribution in [-0.2, 0) is 28.4 Å². The third-order valence-electron chi connectivity index (χ3n) is 9.10. The van der Waals surface area contributed by atoms with Crippen molar-refractivity contribution in [2.75, 3.05) is 6.61 Å². The van der Waals surface area contributed by atoms with Gasteiger partial charge in [0.05, 0.1) is 27.8 Å². The van der Waals surface area contributed by atoms with Crippen LogP contribution in [0.1, 0.15) is 70.2 Å². The van der Waals surface area contributed by atoms with Crippen LogP contribution >= 0.6 is 0 Å².